The molecular weight excluding hydrogens is 349 g/mol. The van der Waals surface area contributed by atoms with Gasteiger partial charge in [-0.05, 0) is 31.2 Å². The van der Waals surface area contributed by atoms with Gasteiger partial charge in [0.25, 0.3) is 5.91 Å². The molecule has 0 radical (unpaired) electrons. The molecule has 2 N–H and O–H groups in total. The van der Waals surface area contributed by atoms with E-state index in [9.17, 15) is 18.0 Å². The first kappa shape index (κ1) is 17.5. The van der Waals surface area contributed by atoms with E-state index in [0.717, 1.165) is 12.1 Å². The molecule has 1 amide bonds. The number of alkyl halides is 3. The van der Waals surface area contributed by atoms with Crippen LogP contribution in [0.15, 0.2) is 53.3 Å². The van der Waals surface area contributed by atoms with E-state index in [1.54, 1.807) is 13.0 Å². The molecule has 6 nitrogen and oxygen atoms in total. The molecule has 0 aliphatic carbocycles. The second-order valence-corrected chi connectivity index (χ2v) is 5.44. The fourth-order valence-electron chi connectivity index (χ4n) is 2.19. The molecule has 0 fully saturated rings. The third kappa shape index (κ3) is 4.18. The van der Waals surface area contributed by atoms with Crippen molar-refractivity contribution in [3.63, 3.8) is 0 Å². The number of hydrogen-bond donors (Lipinski definition) is 2. The summed E-state index contributed by atoms with van der Waals surface area (Å²) in [6, 6.07) is 7.76. The molecule has 0 unspecified atom stereocenters. The van der Waals surface area contributed by atoms with Gasteiger partial charge in [0.05, 0.1) is 23.0 Å². The number of nitrogens with zero attached hydrogens (tertiary/aromatic N) is 2. The molecule has 0 bridgehead atoms. The predicted molar refractivity (Wildman–Crippen MR) is 88.2 cm³/mol. The SMILES string of the molecule is Cc1cc(NC(=O)c2cncc(Nc3cccc(C(F)(F)F)c3)c2)no1. The van der Waals surface area contributed by atoms with Gasteiger partial charge in [-0.25, -0.2) is 0 Å². The molecule has 2 aromatic heterocycles. The lowest BCUT2D eigenvalue weighted by molar-refractivity contribution is -0.137. The number of carbonyl (C=O) groups is 1. The van der Waals surface area contributed by atoms with Crippen molar-refractivity contribution in [1.29, 1.82) is 0 Å². The molecule has 0 atom stereocenters. The van der Waals surface area contributed by atoms with Crippen LogP contribution < -0.4 is 10.6 Å². The van der Waals surface area contributed by atoms with Crippen molar-refractivity contribution in [1.82, 2.24) is 10.1 Å². The average molecular weight is 362 g/mol. The molecule has 134 valence electrons. The molecule has 0 aliphatic heterocycles. The summed E-state index contributed by atoms with van der Waals surface area (Å²) in [6.45, 7) is 1.68. The Kier molecular flexibility index (Phi) is 4.61. The second kappa shape index (κ2) is 6.87. The molecule has 0 saturated heterocycles. The van der Waals surface area contributed by atoms with Gasteiger partial charge >= 0.3 is 6.18 Å². The van der Waals surface area contributed by atoms with Gasteiger partial charge in [-0.2, -0.15) is 13.2 Å². The Morgan fingerprint density at radius 2 is 1.92 bits per heavy atom. The summed E-state index contributed by atoms with van der Waals surface area (Å²) in [7, 11) is 0. The molecule has 1 aromatic carbocycles. The van der Waals surface area contributed by atoms with E-state index >= 15 is 0 Å². The quantitative estimate of drug-likeness (QED) is 0.719. The summed E-state index contributed by atoms with van der Waals surface area (Å²) in [4.78, 5) is 16.1. The number of pyridine rings is 1. The van der Waals surface area contributed by atoms with Crippen LogP contribution in [0.5, 0.6) is 0 Å². The highest BCUT2D eigenvalue weighted by atomic mass is 19.4. The molecule has 26 heavy (non-hydrogen) atoms. The summed E-state index contributed by atoms with van der Waals surface area (Å²) in [5.74, 6) is 0.320. The molecule has 3 rings (SSSR count). The van der Waals surface area contributed by atoms with E-state index in [2.05, 4.69) is 20.8 Å². The van der Waals surface area contributed by atoms with Gasteiger partial charge in [0.1, 0.15) is 5.76 Å². The van der Waals surface area contributed by atoms with Crippen molar-refractivity contribution in [3.05, 3.63) is 65.7 Å². The lowest BCUT2D eigenvalue weighted by Crippen LogP contribution is -2.12. The van der Waals surface area contributed by atoms with Crippen LogP contribution in [0.4, 0.5) is 30.4 Å². The van der Waals surface area contributed by atoms with E-state index in [1.807, 2.05) is 0 Å². The van der Waals surface area contributed by atoms with Crippen LogP contribution in [-0.4, -0.2) is 16.0 Å². The normalized spacial score (nSPS) is 11.2. The maximum Gasteiger partial charge on any atom is 0.416 e. The molecular formula is C17H13F3N4O2. The van der Waals surface area contributed by atoms with Crippen LogP contribution in [0, 0.1) is 6.92 Å². The monoisotopic (exact) mass is 362 g/mol. The number of anilines is 3. The summed E-state index contributed by atoms with van der Waals surface area (Å²) in [6.07, 6.45) is -1.70. The smallest absolute Gasteiger partial charge is 0.360 e. The van der Waals surface area contributed by atoms with Gasteiger partial charge < -0.3 is 15.2 Å². The van der Waals surface area contributed by atoms with Crippen molar-refractivity contribution >= 4 is 23.1 Å². The highest BCUT2D eigenvalue weighted by molar-refractivity contribution is 6.04. The fraction of sp³-hybridized carbons (Fsp3) is 0.118. The summed E-state index contributed by atoms with van der Waals surface area (Å²) in [5, 5.41) is 9.00. The standard InChI is InChI=1S/C17H13F3N4O2/c1-10-5-15(24-26-10)23-16(25)11-6-14(9-21-8-11)22-13-4-2-3-12(7-13)17(18,19)20/h2-9,22H,1H3,(H,23,24,25). The zero-order chi connectivity index (χ0) is 18.7. The molecule has 3 aromatic rings. The van der Waals surface area contributed by atoms with E-state index in [0.29, 0.717) is 11.4 Å². The average Bonchev–Trinajstić information content (AvgIpc) is 2.99. The molecule has 0 spiro atoms. The lowest BCUT2D eigenvalue weighted by atomic mass is 10.2. The maximum atomic E-state index is 12.8. The number of halogens is 3. The minimum Gasteiger partial charge on any atom is -0.360 e. The number of aromatic nitrogens is 2. The van der Waals surface area contributed by atoms with Crippen LogP contribution in [0.3, 0.4) is 0 Å². The highest BCUT2D eigenvalue weighted by Gasteiger charge is 2.30. The topological polar surface area (TPSA) is 80.0 Å². The second-order valence-electron chi connectivity index (χ2n) is 5.44. The zero-order valence-electron chi connectivity index (χ0n) is 13.5. The first-order chi connectivity index (χ1) is 12.3. The zero-order valence-corrected chi connectivity index (χ0v) is 13.5. The van der Waals surface area contributed by atoms with Crippen molar-refractivity contribution in [2.75, 3.05) is 10.6 Å². The van der Waals surface area contributed by atoms with Gasteiger partial charge in [0.2, 0.25) is 0 Å². The van der Waals surface area contributed by atoms with Crippen molar-refractivity contribution in [3.8, 4) is 0 Å². The molecule has 0 saturated carbocycles. The van der Waals surface area contributed by atoms with Gasteiger partial charge in [-0.15, -0.1) is 0 Å². The Balaban J connectivity index is 1.76. The number of benzene rings is 1. The third-order valence-electron chi connectivity index (χ3n) is 3.35. The Morgan fingerprint density at radius 3 is 2.62 bits per heavy atom. The minimum atomic E-state index is -4.44. The van der Waals surface area contributed by atoms with E-state index in [-0.39, 0.29) is 17.1 Å². The summed E-state index contributed by atoms with van der Waals surface area (Å²) >= 11 is 0. The number of rotatable bonds is 4. The van der Waals surface area contributed by atoms with Crippen molar-refractivity contribution < 1.29 is 22.5 Å². The van der Waals surface area contributed by atoms with Crippen LogP contribution in [0.25, 0.3) is 0 Å². The molecule has 2 heterocycles. The van der Waals surface area contributed by atoms with Gasteiger partial charge in [0.15, 0.2) is 5.82 Å². The minimum absolute atomic E-state index is 0.211. The molecule has 0 aliphatic rings. The van der Waals surface area contributed by atoms with Crippen LogP contribution in [0.1, 0.15) is 21.7 Å². The first-order valence-corrected chi connectivity index (χ1v) is 7.45. The maximum absolute atomic E-state index is 12.8. The number of hydrogen-bond acceptors (Lipinski definition) is 5. The Bertz CT molecular complexity index is 938. The predicted octanol–water partition coefficient (Wildman–Crippen LogP) is 4.39. The highest BCUT2D eigenvalue weighted by Crippen LogP contribution is 2.31. The van der Waals surface area contributed by atoms with E-state index in [4.69, 9.17) is 4.52 Å². The van der Waals surface area contributed by atoms with Crippen molar-refractivity contribution in [2.45, 2.75) is 13.1 Å². The molecule has 9 heteroatoms. The Labute approximate surface area is 146 Å². The summed E-state index contributed by atoms with van der Waals surface area (Å²) in [5.41, 5.74) is 0.0352. The first-order valence-electron chi connectivity index (χ1n) is 7.45. The van der Waals surface area contributed by atoms with E-state index in [1.165, 1.54) is 30.6 Å². The van der Waals surface area contributed by atoms with Crippen molar-refractivity contribution in [2.24, 2.45) is 0 Å². The summed E-state index contributed by atoms with van der Waals surface area (Å²) < 4.78 is 43.2. The van der Waals surface area contributed by atoms with Crippen LogP contribution in [0.2, 0.25) is 0 Å². The number of nitrogens with one attached hydrogen (secondary N) is 2. The number of aryl methyl sites for hydroxylation is 1. The Hall–Kier alpha value is -3.36. The lowest BCUT2D eigenvalue weighted by Gasteiger charge is -2.11. The number of amides is 1. The number of carbonyl (C=O) groups excluding carboxylic acids is 1. The van der Waals surface area contributed by atoms with Gasteiger partial charge in [-0.1, -0.05) is 11.2 Å². The van der Waals surface area contributed by atoms with Crippen LogP contribution >= 0.6 is 0 Å². The van der Waals surface area contributed by atoms with Crippen LogP contribution in [-0.2, 0) is 6.18 Å². The van der Waals surface area contributed by atoms with Gasteiger partial charge in [0, 0.05) is 18.0 Å². The fourth-order valence-corrected chi connectivity index (χ4v) is 2.19. The Morgan fingerprint density at radius 1 is 1.12 bits per heavy atom. The largest absolute Gasteiger partial charge is 0.416 e. The van der Waals surface area contributed by atoms with Gasteiger partial charge in [-0.3, -0.25) is 9.78 Å². The van der Waals surface area contributed by atoms with E-state index < -0.39 is 17.6 Å². The third-order valence-corrected chi connectivity index (χ3v) is 3.35.